The Balaban J connectivity index is 1.66. The van der Waals surface area contributed by atoms with Crippen LogP contribution in [0.1, 0.15) is 29.5 Å². The minimum atomic E-state index is 0.162. The lowest BCUT2D eigenvalue weighted by atomic mass is 9.75. The second-order valence-electron chi connectivity index (χ2n) is 8.03. The minimum Gasteiger partial charge on any atom is -0.376 e. The number of rotatable bonds is 1. The number of halogens is 2. The molecule has 0 fully saturated rings. The number of benzene rings is 4. The Morgan fingerprint density at radius 3 is 2.14 bits per heavy atom. The Bertz CT molecular complexity index is 1250. The quantitative estimate of drug-likeness (QED) is 0.244. The van der Waals surface area contributed by atoms with Crippen molar-refractivity contribution >= 4 is 50.4 Å². The number of hydrogen-bond donors (Lipinski definition) is 1. The van der Waals surface area contributed by atoms with E-state index < -0.39 is 0 Å². The van der Waals surface area contributed by atoms with Crippen molar-refractivity contribution in [1.82, 2.24) is 0 Å². The fourth-order valence-corrected chi connectivity index (χ4v) is 5.80. The molecule has 4 aromatic carbocycles. The van der Waals surface area contributed by atoms with Crippen LogP contribution >= 0.6 is 23.2 Å². The normalized spacial score (nSPS) is 22.5. The molecule has 2 aliphatic rings. The van der Waals surface area contributed by atoms with E-state index in [1.165, 1.54) is 27.1 Å². The van der Waals surface area contributed by atoms with Gasteiger partial charge in [0, 0.05) is 16.5 Å². The SMILES string of the molecule is Clc1ccc(Cl)c2c1N[C@@H](c1c3ccccc3cc3ccccc13)[C@H]1CC=C[C@@H]21. The molecule has 1 nitrogen and oxygen atoms in total. The summed E-state index contributed by atoms with van der Waals surface area (Å²) in [7, 11) is 0. The van der Waals surface area contributed by atoms with E-state index >= 15 is 0 Å². The first kappa shape index (κ1) is 17.4. The first-order valence-corrected chi connectivity index (χ1v) is 10.8. The average Bonchev–Trinajstić information content (AvgIpc) is 3.24. The van der Waals surface area contributed by atoms with Gasteiger partial charge in [0.15, 0.2) is 0 Å². The van der Waals surface area contributed by atoms with Gasteiger partial charge >= 0.3 is 0 Å². The monoisotopic (exact) mass is 415 g/mol. The number of nitrogens with one attached hydrogen (secondary N) is 1. The highest BCUT2D eigenvalue weighted by Crippen LogP contribution is 2.55. The molecule has 1 aliphatic carbocycles. The van der Waals surface area contributed by atoms with Crippen molar-refractivity contribution in [1.29, 1.82) is 0 Å². The van der Waals surface area contributed by atoms with E-state index in [2.05, 4.69) is 72.1 Å². The molecule has 142 valence electrons. The highest BCUT2D eigenvalue weighted by molar-refractivity contribution is 6.36. The summed E-state index contributed by atoms with van der Waals surface area (Å²) in [5.74, 6) is 0.688. The number of anilines is 1. The van der Waals surface area contributed by atoms with Gasteiger partial charge in [-0.3, -0.25) is 0 Å². The number of allylic oxidation sites excluding steroid dienone is 2. The molecular weight excluding hydrogens is 397 g/mol. The molecule has 0 radical (unpaired) electrons. The van der Waals surface area contributed by atoms with Crippen molar-refractivity contribution in [2.75, 3.05) is 5.32 Å². The van der Waals surface area contributed by atoms with Crippen molar-refractivity contribution < 1.29 is 0 Å². The predicted octanol–water partition coefficient (Wildman–Crippen LogP) is 8.13. The van der Waals surface area contributed by atoms with Gasteiger partial charge in [-0.15, -0.1) is 0 Å². The summed E-state index contributed by atoms with van der Waals surface area (Å²) >= 11 is 13.3. The summed E-state index contributed by atoms with van der Waals surface area (Å²) in [5.41, 5.74) is 3.48. The molecule has 6 rings (SSSR count). The van der Waals surface area contributed by atoms with E-state index in [-0.39, 0.29) is 12.0 Å². The standard InChI is InChI=1S/C26H19Cl2N/c27-21-12-13-22(28)26-24(21)19-10-5-11-20(19)25(29-26)23-17-8-3-1-6-15(17)14-16-7-2-4-9-18(16)23/h1-10,12-14,19-20,25,29H,11H2/t19-,20+,25-/m1/s1. The van der Waals surface area contributed by atoms with E-state index in [1.807, 2.05) is 12.1 Å². The van der Waals surface area contributed by atoms with Crippen LogP contribution in [0.25, 0.3) is 21.5 Å². The number of fused-ring (bicyclic) bond motifs is 5. The van der Waals surface area contributed by atoms with Gasteiger partial charge in [0.1, 0.15) is 0 Å². The summed E-state index contributed by atoms with van der Waals surface area (Å²) in [6.07, 6.45) is 5.64. The maximum Gasteiger partial charge on any atom is 0.0641 e. The third-order valence-electron chi connectivity index (χ3n) is 6.54. The molecular formula is C26H19Cl2N. The Kier molecular flexibility index (Phi) is 3.91. The summed E-state index contributed by atoms with van der Waals surface area (Å²) in [5, 5.41) is 10.5. The predicted molar refractivity (Wildman–Crippen MR) is 124 cm³/mol. The van der Waals surface area contributed by atoms with Crippen LogP contribution in [-0.4, -0.2) is 0 Å². The number of hydrogen-bond acceptors (Lipinski definition) is 1. The molecule has 0 saturated heterocycles. The van der Waals surface area contributed by atoms with E-state index in [9.17, 15) is 0 Å². The van der Waals surface area contributed by atoms with Crippen molar-refractivity contribution in [2.45, 2.75) is 18.4 Å². The molecule has 0 bridgehead atoms. The second kappa shape index (κ2) is 6.52. The zero-order valence-electron chi connectivity index (χ0n) is 15.7. The molecule has 29 heavy (non-hydrogen) atoms. The van der Waals surface area contributed by atoms with Gasteiger partial charge in [-0.25, -0.2) is 0 Å². The summed E-state index contributed by atoms with van der Waals surface area (Å²) < 4.78 is 0. The van der Waals surface area contributed by atoms with Crippen molar-refractivity contribution in [3.05, 3.63) is 100 Å². The Morgan fingerprint density at radius 2 is 1.41 bits per heavy atom. The van der Waals surface area contributed by atoms with Crippen LogP contribution in [0.5, 0.6) is 0 Å². The highest BCUT2D eigenvalue weighted by atomic mass is 35.5. The maximum absolute atomic E-state index is 6.65. The fourth-order valence-electron chi connectivity index (χ4n) is 5.30. The van der Waals surface area contributed by atoms with Crippen LogP contribution in [0.2, 0.25) is 10.0 Å². The molecule has 1 aliphatic heterocycles. The van der Waals surface area contributed by atoms with E-state index in [1.54, 1.807) is 0 Å². The van der Waals surface area contributed by atoms with Crippen molar-refractivity contribution in [2.24, 2.45) is 5.92 Å². The molecule has 0 amide bonds. The van der Waals surface area contributed by atoms with Gasteiger partial charge in [-0.05, 0) is 57.6 Å². The van der Waals surface area contributed by atoms with E-state index in [0.29, 0.717) is 5.92 Å². The van der Waals surface area contributed by atoms with Gasteiger partial charge in [0.05, 0.1) is 16.8 Å². The van der Waals surface area contributed by atoms with Gasteiger partial charge in [0.25, 0.3) is 0 Å². The van der Waals surface area contributed by atoms with Gasteiger partial charge in [0.2, 0.25) is 0 Å². The van der Waals surface area contributed by atoms with Gasteiger partial charge in [-0.2, -0.15) is 0 Å². The molecule has 3 heteroatoms. The molecule has 3 atom stereocenters. The zero-order chi connectivity index (χ0) is 19.5. The van der Waals surface area contributed by atoms with Crippen molar-refractivity contribution in [3.8, 4) is 0 Å². The highest BCUT2D eigenvalue weighted by Gasteiger charge is 2.40. The van der Waals surface area contributed by atoms with Crippen molar-refractivity contribution in [3.63, 3.8) is 0 Å². The maximum atomic E-state index is 6.65. The van der Waals surface area contributed by atoms with E-state index in [0.717, 1.165) is 27.7 Å². The lowest BCUT2D eigenvalue weighted by Crippen LogP contribution is -2.30. The second-order valence-corrected chi connectivity index (χ2v) is 8.84. The summed E-state index contributed by atoms with van der Waals surface area (Å²) in [6, 6.07) is 23.6. The van der Waals surface area contributed by atoms with Gasteiger partial charge < -0.3 is 5.32 Å². The molecule has 1 N–H and O–H groups in total. The molecule has 0 saturated carbocycles. The van der Waals surface area contributed by atoms with Crippen LogP contribution in [-0.2, 0) is 0 Å². The minimum absolute atomic E-state index is 0.162. The van der Waals surface area contributed by atoms with E-state index in [4.69, 9.17) is 23.2 Å². The Morgan fingerprint density at radius 1 is 0.759 bits per heavy atom. The summed E-state index contributed by atoms with van der Waals surface area (Å²) in [4.78, 5) is 0. The lowest BCUT2D eigenvalue weighted by molar-refractivity contribution is 0.429. The molecule has 4 aromatic rings. The molecule has 1 heterocycles. The Hall–Kier alpha value is -2.48. The van der Waals surface area contributed by atoms with Crippen LogP contribution in [0.3, 0.4) is 0 Å². The lowest BCUT2D eigenvalue weighted by Gasteiger charge is -2.39. The summed E-state index contributed by atoms with van der Waals surface area (Å²) in [6.45, 7) is 0. The topological polar surface area (TPSA) is 12.0 Å². The molecule has 0 unspecified atom stereocenters. The largest absolute Gasteiger partial charge is 0.376 e. The van der Waals surface area contributed by atoms with Crippen LogP contribution in [0.15, 0.2) is 78.9 Å². The third-order valence-corrected chi connectivity index (χ3v) is 7.18. The fraction of sp³-hybridized carbons (Fsp3) is 0.154. The first-order chi connectivity index (χ1) is 14.2. The first-order valence-electron chi connectivity index (χ1n) is 10.0. The van der Waals surface area contributed by atoms with Crippen LogP contribution < -0.4 is 5.32 Å². The third kappa shape index (κ3) is 2.54. The van der Waals surface area contributed by atoms with Crippen LogP contribution in [0.4, 0.5) is 5.69 Å². The zero-order valence-corrected chi connectivity index (χ0v) is 17.2. The van der Waals surface area contributed by atoms with Gasteiger partial charge in [-0.1, -0.05) is 83.9 Å². The average molecular weight is 416 g/mol. The Labute approximate surface area is 179 Å². The molecule has 0 spiro atoms. The smallest absolute Gasteiger partial charge is 0.0641 e. The van der Waals surface area contributed by atoms with Crippen LogP contribution in [0, 0.1) is 5.92 Å². The molecule has 0 aromatic heterocycles.